The molecule has 4 aromatic rings. The van der Waals surface area contributed by atoms with E-state index in [1.807, 2.05) is 72.8 Å². The van der Waals surface area contributed by atoms with E-state index in [1.54, 1.807) is 51.0 Å². The standard InChI is InChI=1S/2C12H10N3.Ti/c2*1-3-7-14-11(5-1)9-13-10-12-6-2-4-8-15-12;/h2*1-10H;/q2*-1;+2. The van der Waals surface area contributed by atoms with E-state index in [0.29, 0.717) is 0 Å². The molecule has 0 spiro atoms. The Morgan fingerprint density at radius 2 is 0.677 bits per heavy atom. The molecular weight excluding hydrogens is 420 g/mol. The fraction of sp³-hybridized carbons (Fsp3) is 0. The molecule has 0 aliphatic heterocycles. The summed E-state index contributed by atoms with van der Waals surface area (Å²) >= 11 is 0. The van der Waals surface area contributed by atoms with Gasteiger partial charge in [-0.1, -0.05) is 24.3 Å². The van der Waals surface area contributed by atoms with Crippen LogP contribution in [-0.2, 0) is 21.7 Å². The van der Waals surface area contributed by atoms with Crippen molar-refractivity contribution < 1.29 is 21.7 Å². The van der Waals surface area contributed by atoms with Crippen molar-refractivity contribution in [2.45, 2.75) is 0 Å². The molecule has 31 heavy (non-hydrogen) atoms. The first-order valence-electron chi connectivity index (χ1n) is 9.27. The normalized spacial score (nSPS) is 9.81. The van der Waals surface area contributed by atoms with Crippen LogP contribution in [0, 0.1) is 26.2 Å². The molecule has 4 aromatic heterocycles. The summed E-state index contributed by atoms with van der Waals surface area (Å²) < 4.78 is 0. The van der Waals surface area contributed by atoms with Crippen molar-refractivity contribution >= 4 is 0 Å². The van der Waals surface area contributed by atoms with E-state index in [1.165, 1.54) is 0 Å². The summed E-state index contributed by atoms with van der Waals surface area (Å²) in [4.78, 5) is 16.5. The molecular formula is C24H20N6Ti. The fourth-order valence-electron chi connectivity index (χ4n) is 2.19. The van der Waals surface area contributed by atoms with Crippen molar-refractivity contribution in [2.75, 3.05) is 0 Å². The van der Waals surface area contributed by atoms with E-state index < -0.39 is 0 Å². The molecule has 150 valence electrons. The van der Waals surface area contributed by atoms with E-state index in [4.69, 9.17) is 0 Å². The molecule has 4 heterocycles. The van der Waals surface area contributed by atoms with Gasteiger partial charge >= 0.3 is 21.7 Å². The first-order chi connectivity index (χ1) is 14.9. The van der Waals surface area contributed by atoms with Crippen molar-refractivity contribution in [1.82, 2.24) is 19.9 Å². The third kappa shape index (κ3) is 10.2. The average molecular weight is 440 g/mol. The summed E-state index contributed by atoms with van der Waals surface area (Å²) in [6, 6.07) is 22.8. The number of aromatic nitrogens is 4. The van der Waals surface area contributed by atoms with Gasteiger partial charge in [0.25, 0.3) is 0 Å². The predicted molar refractivity (Wildman–Crippen MR) is 117 cm³/mol. The van der Waals surface area contributed by atoms with Gasteiger partial charge in [-0.25, -0.2) is 0 Å². The van der Waals surface area contributed by atoms with E-state index in [9.17, 15) is 0 Å². The number of nitrogens with zero attached hydrogens (tertiary/aromatic N) is 6. The molecule has 7 heteroatoms. The van der Waals surface area contributed by atoms with Gasteiger partial charge < -0.3 is 10.6 Å². The first kappa shape index (κ1) is 24.5. The number of hydrogen-bond acceptors (Lipinski definition) is 4. The van der Waals surface area contributed by atoms with Crippen LogP contribution in [0.5, 0.6) is 0 Å². The Kier molecular flexibility index (Phi) is 11.9. The van der Waals surface area contributed by atoms with Gasteiger partial charge in [0.2, 0.25) is 0 Å². The smallest absolute Gasteiger partial charge is 0.648 e. The summed E-state index contributed by atoms with van der Waals surface area (Å²) in [5.74, 6) is 0. The van der Waals surface area contributed by atoms with Gasteiger partial charge in [-0.05, 0) is 48.5 Å². The molecule has 0 fully saturated rings. The number of hydrogen-bond donors (Lipinski definition) is 0. The second-order valence-electron chi connectivity index (χ2n) is 5.83. The van der Waals surface area contributed by atoms with Crippen LogP contribution in [0.25, 0.3) is 10.6 Å². The minimum Gasteiger partial charge on any atom is -0.648 e. The Bertz CT molecular complexity index is 781. The van der Waals surface area contributed by atoms with Crippen LogP contribution >= 0.6 is 0 Å². The van der Waals surface area contributed by atoms with E-state index in [2.05, 4.69) is 30.6 Å². The summed E-state index contributed by atoms with van der Waals surface area (Å²) in [6.07, 6.45) is 6.95. The van der Waals surface area contributed by atoms with E-state index in [-0.39, 0.29) is 21.7 Å². The maximum atomic E-state index is 4.14. The molecule has 0 bridgehead atoms. The Balaban J connectivity index is 0.000000213. The summed E-state index contributed by atoms with van der Waals surface area (Å²) in [5.41, 5.74) is 3.35. The summed E-state index contributed by atoms with van der Waals surface area (Å²) in [7, 11) is 0. The van der Waals surface area contributed by atoms with Crippen LogP contribution in [0.4, 0.5) is 0 Å². The number of pyridine rings is 4. The van der Waals surface area contributed by atoms with Gasteiger partial charge in [-0.15, -0.1) is 26.2 Å². The molecule has 0 amide bonds. The summed E-state index contributed by atoms with van der Waals surface area (Å²) in [6.45, 7) is 6.81. The van der Waals surface area contributed by atoms with E-state index >= 15 is 0 Å². The molecule has 0 unspecified atom stereocenters. The molecule has 0 aromatic carbocycles. The van der Waals surface area contributed by atoms with Crippen molar-refractivity contribution in [3.8, 4) is 0 Å². The molecule has 4 rings (SSSR count). The molecule has 6 nitrogen and oxygen atoms in total. The quantitative estimate of drug-likeness (QED) is 0.356. The Hall–Kier alpha value is -2.77. The maximum absolute atomic E-state index is 4.14. The van der Waals surface area contributed by atoms with Gasteiger partial charge in [0.1, 0.15) is 0 Å². The van der Waals surface area contributed by atoms with Crippen LogP contribution in [0.15, 0.2) is 97.6 Å². The predicted octanol–water partition coefficient (Wildman–Crippen LogP) is 5.14. The molecule has 0 aliphatic carbocycles. The van der Waals surface area contributed by atoms with Crippen molar-refractivity contribution in [3.63, 3.8) is 0 Å². The molecule has 0 saturated heterocycles. The maximum Gasteiger partial charge on any atom is 2.00 e. The van der Waals surface area contributed by atoms with E-state index in [0.717, 1.165) is 22.8 Å². The second-order valence-corrected chi connectivity index (χ2v) is 5.83. The minimum absolute atomic E-state index is 0. The largest absolute Gasteiger partial charge is 2.00 e. The molecule has 4 radical (unpaired) electrons. The molecule has 0 N–H and O–H groups in total. The third-order valence-corrected chi connectivity index (χ3v) is 3.58. The first-order valence-corrected chi connectivity index (χ1v) is 9.27. The van der Waals surface area contributed by atoms with Crippen LogP contribution < -0.4 is 0 Å². The van der Waals surface area contributed by atoms with Crippen LogP contribution in [-0.4, -0.2) is 19.9 Å². The second kappa shape index (κ2) is 15.1. The Labute approximate surface area is 198 Å². The van der Waals surface area contributed by atoms with Gasteiger partial charge in [0.05, 0.1) is 0 Å². The van der Waals surface area contributed by atoms with Crippen molar-refractivity contribution in [2.24, 2.45) is 0 Å². The van der Waals surface area contributed by atoms with Gasteiger partial charge in [-0.3, -0.25) is 19.9 Å². The average Bonchev–Trinajstić information content (AvgIpc) is 2.82. The molecule has 0 aliphatic rings. The van der Waals surface area contributed by atoms with Crippen LogP contribution in [0.1, 0.15) is 22.8 Å². The van der Waals surface area contributed by atoms with Gasteiger partial charge in [-0.2, -0.15) is 0 Å². The zero-order valence-corrected chi connectivity index (χ0v) is 18.3. The van der Waals surface area contributed by atoms with Crippen molar-refractivity contribution in [1.29, 1.82) is 0 Å². The van der Waals surface area contributed by atoms with Gasteiger partial charge in [0, 0.05) is 47.6 Å². The summed E-state index contributed by atoms with van der Waals surface area (Å²) in [5, 5.41) is 8.27. The SMILES string of the molecule is [CH]([N-][CH]c1ccccn1)c1ccccn1.[CH]([N-][CH]c1ccccn1)c1ccccn1.[Ti+2]. The topological polar surface area (TPSA) is 79.8 Å². The number of rotatable bonds is 8. The van der Waals surface area contributed by atoms with Crippen LogP contribution in [0.3, 0.4) is 0 Å². The Morgan fingerprint density at radius 1 is 0.419 bits per heavy atom. The molecule has 0 saturated carbocycles. The van der Waals surface area contributed by atoms with Gasteiger partial charge in [0.15, 0.2) is 0 Å². The molecule has 0 atom stereocenters. The zero-order valence-electron chi connectivity index (χ0n) is 16.7. The minimum atomic E-state index is 0. The van der Waals surface area contributed by atoms with Crippen LogP contribution in [0.2, 0.25) is 0 Å². The van der Waals surface area contributed by atoms with Crippen molar-refractivity contribution in [3.05, 3.63) is 157 Å². The Morgan fingerprint density at radius 3 is 0.871 bits per heavy atom. The monoisotopic (exact) mass is 440 g/mol. The fourth-order valence-corrected chi connectivity index (χ4v) is 2.19. The zero-order chi connectivity index (χ0) is 20.7. The third-order valence-electron chi connectivity index (χ3n) is 3.58.